The average molecular weight is 579 g/mol. The van der Waals surface area contributed by atoms with Gasteiger partial charge in [0.25, 0.3) is 0 Å². The van der Waals surface area contributed by atoms with Crippen LogP contribution in [0.5, 0.6) is 5.88 Å². The van der Waals surface area contributed by atoms with Crippen LogP contribution >= 0.6 is 0 Å². The number of methoxy groups -OCH3 is 2. The topological polar surface area (TPSA) is 103 Å². The summed E-state index contributed by atoms with van der Waals surface area (Å²) in [5.41, 5.74) is 0.00136. The summed E-state index contributed by atoms with van der Waals surface area (Å²) in [6.07, 6.45) is -1.13. The van der Waals surface area contributed by atoms with Gasteiger partial charge in [0.15, 0.2) is 15.5 Å². The lowest BCUT2D eigenvalue weighted by atomic mass is 9.87. The lowest BCUT2D eigenvalue weighted by molar-refractivity contribution is -0.138. The van der Waals surface area contributed by atoms with Crippen molar-refractivity contribution in [1.82, 2.24) is 15.0 Å². The second-order valence-corrected chi connectivity index (χ2v) is 13.1. The van der Waals surface area contributed by atoms with Crippen molar-refractivity contribution in [2.75, 3.05) is 31.0 Å². The molecule has 1 saturated carbocycles. The largest absolute Gasteiger partial charge is 0.481 e. The SMILES string of the molecule is COc1nc2nc(CC3CC3)nc(N[C@H](C)c3cccc(C(F)(F)F)c3C)c2cc1C1(OC)CCS(=O)(=O)CC1. The maximum Gasteiger partial charge on any atom is 0.416 e. The Morgan fingerprint density at radius 3 is 2.42 bits per heavy atom. The number of sulfone groups is 1. The molecule has 0 spiro atoms. The number of alkyl halides is 3. The minimum Gasteiger partial charge on any atom is -0.481 e. The summed E-state index contributed by atoms with van der Waals surface area (Å²) in [6, 6.07) is 5.46. The van der Waals surface area contributed by atoms with Gasteiger partial charge in [-0.2, -0.15) is 18.2 Å². The van der Waals surface area contributed by atoms with E-state index >= 15 is 0 Å². The van der Waals surface area contributed by atoms with Crippen LogP contribution in [-0.4, -0.2) is 49.1 Å². The molecule has 2 aliphatic rings. The Hall–Kier alpha value is -2.99. The minimum absolute atomic E-state index is 0.0319. The first kappa shape index (κ1) is 28.5. The lowest BCUT2D eigenvalue weighted by Crippen LogP contribution is -2.39. The Bertz CT molecular complexity index is 1530. The van der Waals surface area contributed by atoms with E-state index in [0.29, 0.717) is 46.1 Å². The molecule has 5 rings (SSSR count). The van der Waals surface area contributed by atoms with E-state index in [1.165, 1.54) is 27.2 Å². The number of ether oxygens (including phenoxy) is 2. The summed E-state index contributed by atoms with van der Waals surface area (Å²) in [6.45, 7) is 3.26. The Morgan fingerprint density at radius 2 is 1.82 bits per heavy atom. The molecule has 0 unspecified atom stereocenters. The van der Waals surface area contributed by atoms with Crippen molar-refractivity contribution in [1.29, 1.82) is 0 Å². The van der Waals surface area contributed by atoms with Crippen LogP contribution in [0.4, 0.5) is 19.0 Å². The second-order valence-electron chi connectivity index (χ2n) is 10.8. The maximum absolute atomic E-state index is 13.6. The Balaban J connectivity index is 1.62. The number of hydrogen-bond donors (Lipinski definition) is 1. The number of fused-ring (bicyclic) bond motifs is 1. The summed E-state index contributed by atoms with van der Waals surface area (Å²) >= 11 is 0. The number of pyridine rings is 1. The number of benzene rings is 1. The highest BCUT2D eigenvalue weighted by Gasteiger charge is 2.42. The third kappa shape index (κ3) is 5.60. The van der Waals surface area contributed by atoms with Gasteiger partial charge in [0.2, 0.25) is 5.88 Å². The van der Waals surface area contributed by atoms with E-state index in [-0.39, 0.29) is 35.8 Å². The first-order valence-electron chi connectivity index (χ1n) is 13.3. The molecular formula is C28H33F3N4O4S. The van der Waals surface area contributed by atoms with Crippen molar-refractivity contribution >= 4 is 26.7 Å². The Kier molecular flexibility index (Phi) is 7.45. The van der Waals surface area contributed by atoms with E-state index in [9.17, 15) is 21.6 Å². The highest BCUT2D eigenvalue weighted by Crippen LogP contribution is 2.43. The fourth-order valence-corrected chi connectivity index (χ4v) is 7.00. The third-order valence-corrected chi connectivity index (χ3v) is 9.73. The zero-order valence-corrected chi connectivity index (χ0v) is 23.7. The van der Waals surface area contributed by atoms with Crippen molar-refractivity contribution < 1.29 is 31.1 Å². The normalized spacial score (nSPS) is 19.4. The predicted molar refractivity (Wildman–Crippen MR) is 145 cm³/mol. The Morgan fingerprint density at radius 1 is 1.12 bits per heavy atom. The van der Waals surface area contributed by atoms with Crippen LogP contribution in [0.15, 0.2) is 24.3 Å². The van der Waals surface area contributed by atoms with Crippen LogP contribution in [0.25, 0.3) is 11.0 Å². The molecule has 0 radical (unpaired) electrons. The highest BCUT2D eigenvalue weighted by molar-refractivity contribution is 7.91. The number of nitrogens with one attached hydrogen (secondary N) is 1. The summed E-state index contributed by atoms with van der Waals surface area (Å²) < 4.78 is 76.8. The standard InChI is InChI=1S/C28H33F3N4O4S/c1-16-19(6-5-7-21(16)28(29,30)31)17(2)32-24-20-15-22(27(39-4)10-12-40(36,37)13-11-27)26(38-3)35-25(20)34-23(33-24)14-18-8-9-18/h5-7,15,17-18H,8-14H2,1-4H3,(H,32,33,34,35)/t17-/m1/s1. The van der Waals surface area contributed by atoms with Crippen molar-refractivity contribution in [3.63, 3.8) is 0 Å². The minimum atomic E-state index is -4.46. The lowest BCUT2D eigenvalue weighted by Gasteiger charge is -2.36. The van der Waals surface area contributed by atoms with Gasteiger partial charge in [-0.3, -0.25) is 0 Å². The molecule has 216 valence electrons. The zero-order valence-electron chi connectivity index (χ0n) is 22.9. The molecule has 1 atom stereocenters. The molecule has 12 heteroatoms. The van der Waals surface area contributed by atoms with Crippen LogP contribution in [0.3, 0.4) is 0 Å². The summed E-state index contributed by atoms with van der Waals surface area (Å²) in [7, 11) is -0.150. The van der Waals surface area contributed by atoms with E-state index in [1.807, 2.05) is 6.07 Å². The first-order chi connectivity index (χ1) is 18.9. The fourth-order valence-electron chi connectivity index (χ4n) is 5.51. The molecule has 0 amide bonds. The monoisotopic (exact) mass is 578 g/mol. The van der Waals surface area contributed by atoms with E-state index in [4.69, 9.17) is 24.4 Å². The molecule has 1 aromatic carbocycles. The summed E-state index contributed by atoms with van der Waals surface area (Å²) in [4.78, 5) is 14.2. The molecule has 8 nitrogen and oxygen atoms in total. The molecular weight excluding hydrogens is 545 g/mol. The molecule has 2 fully saturated rings. The van der Waals surface area contributed by atoms with Gasteiger partial charge in [-0.1, -0.05) is 12.1 Å². The molecule has 3 heterocycles. The molecule has 2 aromatic heterocycles. The van der Waals surface area contributed by atoms with Crippen LogP contribution < -0.4 is 10.1 Å². The van der Waals surface area contributed by atoms with Gasteiger partial charge in [0.05, 0.1) is 41.2 Å². The summed E-state index contributed by atoms with van der Waals surface area (Å²) in [5, 5.41) is 3.88. The van der Waals surface area contributed by atoms with Crippen LogP contribution in [-0.2, 0) is 32.8 Å². The predicted octanol–water partition coefficient (Wildman–Crippen LogP) is 5.54. The number of hydrogen-bond acceptors (Lipinski definition) is 8. The number of anilines is 1. The van der Waals surface area contributed by atoms with Crippen LogP contribution in [0.1, 0.15) is 66.7 Å². The first-order valence-corrected chi connectivity index (χ1v) is 15.1. The van der Waals surface area contributed by atoms with Gasteiger partial charge in [-0.15, -0.1) is 0 Å². The molecule has 1 saturated heterocycles. The van der Waals surface area contributed by atoms with Crippen molar-refractivity contribution in [3.05, 3.63) is 52.3 Å². The maximum atomic E-state index is 13.6. The third-order valence-electron chi connectivity index (χ3n) is 8.08. The van der Waals surface area contributed by atoms with E-state index in [2.05, 4.69) is 5.32 Å². The van der Waals surface area contributed by atoms with Gasteiger partial charge >= 0.3 is 6.18 Å². The molecule has 3 aromatic rings. The quantitative estimate of drug-likeness (QED) is 0.372. The molecule has 1 aliphatic carbocycles. The van der Waals surface area contributed by atoms with Gasteiger partial charge < -0.3 is 14.8 Å². The average Bonchev–Trinajstić information content (AvgIpc) is 3.72. The van der Waals surface area contributed by atoms with Crippen molar-refractivity contribution in [2.24, 2.45) is 5.92 Å². The number of rotatable bonds is 8. The zero-order chi connectivity index (χ0) is 28.9. The van der Waals surface area contributed by atoms with Crippen molar-refractivity contribution in [2.45, 2.75) is 63.8 Å². The smallest absolute Gasteiger partial charge is 0.416 e. The molecule has 0 bridgehead atoms. The molecule has 1 aliphatic heterocycles. The fraction of sp³-hybridized carbons (Fsp3) is 0.536. The van der Waals surface area contributed by atoms with E-state index < -0.39 is 33.2 Å². The van der Waals surface area contributed by atoms with Crippen molar-refractivity contribution in [3.8, 4) is 5.88 Å². The van der Waals surface area contributed by atoms with E-state index in [0.717, 1.165) is 18.9 Å². The molecule has 1 N–H and O–H groups in total. The number of nitrogens with zero attached hydrogens (tertiary/aromatic N) is 3. The van der Waals surface area contributed by atoms with E-state index in [1.54, 1.807) is 13.0 Å². The van der Waals surface area contributed by atoms with Crippen LogP contribution in [0.2, 0.25) is 0 Å². The summed E-state index contributed by atoms with van der Waals surface area (Å²) in [5.74, 6) is 1.76. The van der Waals surface area contributed by atoms with Crippen LogP contribution in [0, 0.1) is 12.8 Å². The van der Waals surface area contributed by atoms with Gasteiger partial charge in [0.1, 0.15) is 11.6 Å². The highest BCUT2D eigenvalue weighted by atomic mass is 32.2. The Labute approximate surface area is 231 Å². The van der Waals surface area contributed by atoms with Gasteiger partial charge in [-0.05, 0) is 68.7 Å². The number of halogens is 3. The van der Waals surface area contributed by atoms with Gasteiger partial charge in [-0.25, -0.2) is 18.4 Å². The molecule has 40 heavy (non-hydrogen) atoms. The number of aromatic nitrogens is 3. The second kappa shape index (κ2) is 10.4. The van der Waals surface area contributed by atoms with Gasteiger partial charge in [0, 0.05) is 19.1 Å².